The molecule has 8 aromatic rings. The maximum absolute atomic E-state index is 13.6. The summed E-state index contributed by atoms with van der Waals surface area (Å²) in [4.78, 5) is 15.6. The molecule has 0 spiro atoms. The number of sulfone groups is 1. The van der Waals surface area contributed by atoms with Crippen molar-refractivity contribution in [3.05, 3.63) is 146 Å². The van der Waals surface area contributed by atoms with Gasteiger partial charge in [0.25, 0.3) is 0 Å². The molecule has 9 rings (SSSR count). The summed E-state index contributed by atoms with van der Waals surface area (Å²) in [6.45, 7) is 0. The number of hydrogen-bond donors (Lipinski definition) is 0. The molecule has 2 aromatic heterocycles. The van der Waals surface area contributed by atoms with Gasteiger partial charge in [0.2, 0.25) is 15.8 Å². The van der Waals surface area contributed by atoms with Crippen LogP contribution in [0.1, 0.15) is 0 Å². The van der Waals surface area contributed by atoms with Crippen molar-refractivity contribution in [2.45, 2.75) is 9.79 Å². The Kier molecular flexibility index (Phi) is 5.79. The number of benzene rings is 6. The van der Waals surface area contributed by atoms with Crippen LogP contribution in [-0.4, -0.2) is 27.9 Å². The van der Waals surface area contributed by atoms with Gasteiger partial charge in [0.1, 0.15) is 0 Å². The van der Waals surface area contributed by atoms with Crippen LogP contribution in [0.5, 0.6) is 0 Å². The summed E-state index contributed by atoms with van der Waals surface area (Å²) in [6, 6.07) is 47.3. The first kappa shape index (κ1) is 26.5. The molecule has 0 saturated heterocycles. The van der Waals surface area contributed by atoms with E-state index in [2.05, 4.69) is 53.1 Å². The SMILES string of the molecule is O=S1(=O)c2ccccc2-c2ccc(-c3nc(-c4ccc(-c5ccccc5)cc4)nc(-n4c5ccccc5c5ccccc54)n3)cc21. The van der Waals surface area contributed by atoms with Crippen LogP contribution in [0.2, 0.25) is 0 Å². The summed E-state index contributed by atoms with van der Waals surface area (Å²) in [5.41, 5.74) is 6.98. The van der Waals surface area contributed by atoms with Crippen LogP contribution < -0.4 is 0 Å². The Balaban J connectivity index is 1.27. The minimum atomic E-state index is -3.68. The second-order valence-electron chi connectivity index (χ2n) is 11.3. The third kappa shape index (κ3) is 4.02. The van der Waals surface area contributed by atoms with Gasteiger partial charge in [-0.2, -0.15) is 9.97 Å². The molecule has 0 unspecified atom stereocenters. The second-order valence-corrected chi connectivity index (χ2v) is 13.2. The largest absolute Gasteiger partial charge is 0.278 e. The van der Waals surface area contributed by atoms with Crippen LogP contribution in [0, 0.1) is 0 Å². The van der Waals surface area contributed by atoms with Crippen molar-refractivity contribution in [2.24, 2.45) is 0 Å². The van der Waals surface area contributed by atoms with E-state index >= 15 is 0 Å². The summed E-state index contributed by atoms with van der Waals surface area (Å²) < 4.78 is 29.2. The summed E-state index contributed by atoms with van der Waals surface area (Å²) >= 11 is 0. The minimum absolute atomic E-state index is 0.263. The minimum Gasteiger partial charge on any atom is -0.278 e. The van der Waals surface area contributed by atoms with Gasteiger partial charge >= 0.3 is 0 Å². The Morgan fingerprint density at radius 1 is 0.435 bits per heavy atom. The van der Waals surface area contributed by atoms with Gasteiger partial charge in [-0.3, -0.25) is 4.57 Å². The van der Waals surface area contributed by atoms with Crippen LogP contribution in [0.3, 0.4) is 0 Å². The van der Waals surface area contributed by atoms with Gasteiger partial charge in [-0.1, -0.05) is 121 Å². The predicted molar refractivity (Wildman–Crippen MR) is 181 cm³/mol. The van der Waals surface area contributed by atoms with Crippen molar-refractivity contribution < 1.29 is 8.42 Å². The lowest BCUT2D eigenvalue weighted by Crippen LogP contribution is -2.06. The van der Waals surface area contributed by atoms with Crippen LogP contribution in [0.4, 0.5) is 0 Å². The molecule has 218 valence electrons. The number of fused-ring (bicyclic) bond motifs is 6. The quantitative estimate of drug-likeness (QED) is 0.199. The Morgan fingerprint density at radius 2 is 0.957 bits per heavy atom. The number of nitrogens with zero attached hydrogens (tertiary/aromatic N) is 4. The maximum atomic E-state index is 13.6. The van der Waals surface area contributed by atoms with Crippen molar-refractivity contribution in [3.8, 4) is 51.0 Å². The normalized spacial score (nSPS) is 13.1. The highest BCUT2D eigenvalue weighted by Crippen LogP contribution is 2.44. The molecule has 1 aliphatic heterocycles. The van der Waals surface area contributed by atoms with Crippen LogP contribution in [0.15, 0.2) is 155 Å². The Bertz CT molecular complexity index is 2540. The highest BCUT2D eigenvalue weighted by Gasteiger charge is 2.33. The Morgan fingerprint density at radius 3 is 1.67 bits per heavy atom. The van der Waals surface area contributed by atoms with Crippen LogP contribution in [0.25, 0.3) is 72.8 Å². The number of para-hydroxylation sites is 2. The molecule has 0 aliphatic carbocycles. The van der Waals surface area contributed by atoms with Crippen molar-refractivity contribution in [1.29, 1.82) is 0 Å². The molecule has 0 bridgehead atoms. The summed E-state index contributed by atoms with van der Waals surface area (Å²) in [5, 5.41) is 2.19. The zero-order valence-corrected chi connectivity index (χ0v) is 25.2. The molecule has 0 amide bonds. The van der Waals surface area contributed by atoms with Crippen molar-refractivity contribution >= 4 is 31.6 Å². The van der Waals surface area contributed by atoms with E-state index < -0.39 is 9.84 Å². The van der Waals surface area contributed by atoms with Gasteiger partial charge in [0, 0.05) is 33.0 Å². The lowest BCUT2D eigenvalue weighted by Gasteiger charge is -2.12. The van der Waals surface area contributed by atoms with Gasteiger partial charge in [-0.15, -0.1) is 0 Å². The van der Waals surface area contributed by atoms with Gasteiger partial charge in [0.05, 0.1) is 20.8 Å². The van der Waals surface area contributed by atoms with Gasteiger partial charge < -0.3 is 0 Å². The van der Waals surface area contributed by atoms with E-state index in [9.17, 15) is 8.42 Å². The first-order valence-electron chi connectivity index (χ1n) is 15.0. The lowest BCUT2D eigenvalue weighted by molar-refractivity contribution is 0.598. The zero-order valence-electron chi connectivity index (χ0n) is 24.4. The topological polar surface area (TPSA) is 77.7 Å². The van der Waals surface area contributed by atoms with E-state index in [4.69, 9.17) is 15.0 Å². The molecule has 0 fully saturated rings. The molecule has 0 atom stereocenters. The van der Waals surface area contributed by atoms with Crippen LogP contribution >= 0.6 is 0 Å². The monoisotopic (exact) mass is 612 g/mol. The molecule has 46 heavy (non-hydrogen) atoms. The fourth-order valence-corrected chi connectivity index (χ4v) is 8.16. The van der Waals surface area contributed by atoms with Gasteiger partial charge in [0.15, 0.2) is 11.6 Å². The zero-order chi connectivity index (χ0) is 30.8. The molecule has 6 aromatic carbocycles. The van der Waals surface area contributed by atoms with E-state index in [1.165, 1.54) is 0 Å². The standard InChI is InChI=1S/C39H24N4O2S/c44-46(45)35-17-9-6-14-31(35)32-23-22-28(24-36(32)46)38-40-37(27-20-18-26(19-21-27)25-10-2-1-3-11-25)41-39(42-38)43-33-15-7-4-12-29(33)30-13-5-8-16-34(30)43/h1-24H. The van der Waals surface area contributed by atoms with E-state index in [0.29, 0.717) is 39.2 Å². The summed E-state index contributed by atoms with van der Waals surface area (Å²) in [6.07, 6.45) is 0. The van der Waals surface area contributed by atoms with E-state index in [0.717, 1.165) is 38.5 Å². The van der Waals surface area contributed by atoms with Gasteiger partial charge in [-0.05, 0) is 35.4 Å². The van der Waals surface area contributed by atoms with Crippen molar-refractivity contribution in [3.63, 3.8) is 0 Å². The fourth-order valence-electron chi connectivity index (χ4n) is 6.45. The third-order valence-corrected chi connectivity index (χ3v) is 10.5. The Labute approximate surface area is 265 Å². The van der Waals surface area contributed by atoms with Gasteiger partial charge in [-0.25, -0.2) is 13.4 Å². The van der Waals surface area contributed by atoms with Crippen LogP contribution in [-0.2, 0) is 9.84 Å². The van der Waals surface area contributed by atoms with E-state index in [-0.39, 0.29) is 4.90 Å². The Hall–Kier alpha value is -5.92. The fraction of sp³-hybridized carbons (Fsp3) is 0. The van der Waals surface area contributed by atoms with Crippen molar-refractivity contribution in [1.82, 2.24) is 19.5 Å². The van der Waals surface area contributed by atoms with E-state index in [1.807, 2.05) is 78.9 Å². The number of rotatable bonds is 4. The molecule has 0 saturated carbocycles. The average molecular weight is 613 g/mol. The molecule has 7 heteroatoms. The molecular formula is C39H24N4O2S. The summed E-state index contributed by atoms with van der Waals surface area (Å²) in [5.74, 6) is 1.34. The lowest BCUT2D eigenvalue weighted by atomic mass is 10.0. The predicted octanol–water partition coefficient (Wildman–Crippen LogP) is 8.78. The molecular weight excluding hydrogens is 589 g/mol. The molecule has 0 N–H and O–H groups in total. The smallest absolute Gasteiger partial charge is 0.238 e. The molecule has 0 radical (unpaired) electrons. The highest BCUT2D eigenvalue weighted by atomic mass is 32.2. The number of aromatic nitrogens is 4. The third-order valence-electron chi connectivity index (χ3n) is 8.65. The highest BCUT2D eigenvalue weighted by molar-refractivity contribution is 7.92. The molecule has 1 aliphatic rings. The van der Waals surface area contributed by atoms with E-state index in [1.54, 1.807) is 18.2 Å². The molecule has 3 heterocycles. The first-order valence-corrected chi connectivity index (χ1v) is 16.4. The summed E-state index contributed by atoms with van der Waals surface area (Å²) in [7, 11) is -3.68. The number of hydrogen-bond acceptors (Lipinski definition) is 5. The second kappa shape index (κ2) is 10.1. The van der Waals surface area contributed by atoms with Crippen molar-refractivity contribution in [2.75, 3.05) is 0 Å². The molecule has 6 nitrogen and oxygen atoms in total. The first-order chi connectivity index (χ1) is 22.6. The maximum Gasteiger partial charge on any atom is 0.238 e. The average Bonchev–Trinajstić information content (AvgIpc) is 3.57.